The summed E-state index contributed by atoms with van der Waals surface area (Å²) in [4.78, 5) is 17.0. The zero-order chi connectivity index (χ0) is 19.0. The van der Waals surface area contributed by atoms with Gasteiger partial charge in [-0.05, 0) is 29.8 Å². The topological polar surface area (TPSA) is 45.6 Å². The van der Waals surface area contributed by atoms with Gasteiger partial charge in [-0.3, -0.25) is 9.78 Å². The van der Waals surface area contributed by atoms with E-state index >= 15 is 0 Å². The lowest BCUT2D eigenvalue weighted by atomic mass is 10.1. The Hall–Kier alpha value is -3.22. The highest BCUT2D eigenvalue weighted by Gasteiger charge is 2.30. The zero-order valence-electron chi connectivity index (χ0n) is 14.1. The first-order chi connectivity index (χ1) is 12.9. The van der Waals surface area contributed by atoms with Crippen LogP contribution in [0.25, 0.3) is 10.9 Å². The number of rotatable bonds is 2. The molecule has 3 aromatic rings. The molecule has 136 valence electrons. The normalized spacial score (nSPS) is 14.5. The van der Waals surface area contributed by atoms with Gasteiger partial charge in [0, 0.05) is 18.0 Å². The molecule has 0 fully saturated rings. The summed E-state index contributed by atoms with van der Waals surface area (Å²) < 4.78 is 38.0. The summed E-state index contributed by atoms with van der Waals surface area (Å²) in [6.07, 6.45) is -2.38. The molecule has 1 amide bonds. The van der Waals surface area contributed by atoms with Crippen molar-refractivity contribution in [2.45, 2.75) is 12.6 Å². The number of carbonyl (C=O) groups is 1. The molecule has 1 aliphatic rings. The second kappa shape index (κ2) is 6.50. The van der Waals surface area contributed by atoms with Gasteiger partial charge in [0.25, 0.3) is 5.91 Å². The molecule has 0 saturated carbocycles. The number of hydrogen-bond donors (Lipinski definition) is 0. The molecule has 1 aliphatic heterocycles. The van der Waals surface area contributed by atoms with Crippen molar-refractivity contribution in [3.05, 3.63) is 77.5 Å². The largest absolute Gasteiger partial charge is 0.416 e. The van der Waals surface area contributed by atoms with Crippen LogP contribution in [-0.2, 0) is 6.18 Å². The van der Waals surface area contributed by atoms with Gasteiger partial charge in [0.1, 0.15) is 0 Å². The number of pyridine rings is 1. The minimum atomic E-state index is -4.37. The number of alkyl halides is 3. The second-order valence-corrected chi connectivity index (χ2v) is 6.22. The van der Waals surface area contributed by atoms with Gasteiger partial charge in [0.05, 0.1) is 28.9 Å². The number of benzene rings is 2. The molecule has 0 saturated heterocycles. The Morgan fingerprint density at radius 2 is 1.78 bits per heavy atom. The van der Waals surface area contributed by atoms with Crippen molar-refractivity contribution in [3.8, 4) is 0 Å². The van der Waals surface area contributed by atoms with Gasteiger partial charge in [-0.2, -0.15) is 18.3 Å². The lowest BCUT2D eigenvalue weighted by molar-refractivity contribution is -0.137. The highest BCUT2D eigenvalue weighted by atomic mass is 19.4. The van der Waals surface area contributed by atoms with Crippen LogP contribution in [0.3, 0.4) is 0 Å². The fraction of sp³-hybridized carbons (Fsp3) is 0.150. The van der Waals surface area contributed by atoms with E-state index in [1.807, 2.05) is 24.3 Å². The van der Waals surface area contributed by atoms with E-state index in [0.29, 0.717) is 29.8 Å². The van der Waals surface area contributed by atoms with Crippen molar-refractivity contribution >= 4 is 22.5 Å². The maximum absolute atomic E-state index is 12.7. The Bertz CT molecular complexity index is 1040. The SMILES string of the molecule is O=C(c1cnc2ccccc2c1)N1CCC(c2ccc(C(F)(F)F)cc2)=N1. The van der Waals surface area contributed by atoms with Gasteiger partial charge in [0.15, 0.2) is 0 Å². The van der Waals surface area contributed by atoms with E-state index < -0.39 is 11.7 Å². The molecule has 27 heavy (non-hydrogen) atoms. The van der Waals surface area contributed by atoms with Crippen molar-refractivity contribution in [2.24, 2.45) is 5.10 Å². The molecule has 0 bridgehead atoms. The Morgan fingerprint density at radius 3 is 2.52 bits per heavy atom. The van der Waals surface area contributed by atoms with E-state index in [1.165, 1.54) is 23.3 Å². The van der Waals surface area contributed by atoms with Gasteiger partial charge in [-0.15, -0.1) is 0 Å². The molecule has 1 aromatic heterocycles. The highest BCUT2D eigenvalue weighted by molar-refractivity contribution is 6.05. The quantitative estimate of drug-likeness (QED) is 0.668. The van der Waals surface area contributed by atoms with Gasteiger partial charge in [-0.1, -0.05) is 30.3 Å². The minimum Gasteiger partial charge on any atom is -0.267 e. The molecule has 4 nitrogen and oxygen atoms in total. The maximum Gasteiger partial charge on any atom is 0.416 e. The van der Waals surface area contributed by atoms with Crippen LogP contribution in [0.5, 0.6) is 0 Å². The van der Waals surface area contributed by atoms with Gasteiger partial charge >= 0.3 is 6.18 Å². The number of nitrogens with zero attached hydrogens (tertiary/aromatic N) is 3. The summed E-state index contributed by atoms with van der Waals surface area (Å²) in [5.41, 5.74) is 1.68. The molecule has 0 radical (unpaired) electrons. The Balaban J connectivity index is 1.56. The van der Waals surface area contributed by atoms with Crippen LogP contribution in [-0.4, -0.2) is 28.2 Å². The van der Waals surface area contributed by atoms with Crippen LogP contribution < -0.4 is 0 Å². The fourth-order valence-electron chi connectivity index (χ4n) is 3.00. The third-order valence-electron chi connectivity index (χ3n) is 4.42. The molecule has 2 heterocycles. The van der Waals surface area contributed by atoms with E-state index in [1.54, 1.807) is 6.07 Å². The summed E-state index contributed by atoms with van der Waals surface area (Å²) in [6, 6.07) is 14.1. The molecule has 0 spiro atoms. The van der Waals surface area contributed by atoms with Crippen LogP contribution >= 0.6 is 0 Å². The average molecular weight is 369 g/mol. The van der Waals surface area contributed by atoms with E-state index in [4.69, 9.17) is 0 Å². The molecular weight excluding hydrogens is 355 g/mol. The highest BCUT2D eigenvalue weighted by Crippen LogP contribution is 2.29. The summed E-state index contributed by atoms with van der Waals surface area (Å²) in [7, 11) is 0. The number of aromatic nitrogens is 1. The van der Waals surface area contributed by atoms with E-state index in [9.17, 15) is 18.0 Å². The summed E-state index contributed by atoms with van der Waals surface area (Å²) >= 11 is 0. The minimum absolute atomic E-state index is 0.282. The first kappa shape index (κ1) is 17.2. The van der Waals surface area contributed by atoms with Gasteiger partial charge in [-0.25, -0.2) is 5.01 Å². The monoisotopic (exact) mass is 369 g/mol. The van der Waals surface area contributed by atoms with E-state index in [2.05, 4.69) is 10.1 Å². The van der Waals surface area contributed by atoms with Crippen molar-refractivity contribution in [1.82, 2.24) is 9.99 Å². The van der Waals surface area contributed by atoms with Crippen molar-refractivity contribution in [3.63, 3.8) is 0 Å². The molecule has 2 aromatic carbocycles. The summed E-state index contributed by atoms with van der Waals surface area (Å²) in [5, 5.41) is 6.49. The predicted molar refractivity (Wildman–Crippen MR) is 95.4 cm³/mol. The lowest BCUT2D eigenvalue weighted by Gasteiger charge is -2.11. The first-order valence-electron chi connectivity index (χ1n) is 8.33. The molecule has 0 unspecified atom stereocenters. The van der Waals surface area contributed by atoms with Gasteiger partial charge in [0.2, 0.25) is 0 Å². The molecule has 7 heteroatoms. The number of fused-ring (bicyclic) bond motifs is 1. The summed E-state index contributed by atoms with van der Waals surface area (Å²) in [6.45, 7) is 0.377. The third kappa shape index (κ3) is 3.40. The van der Waals surface area contributed by atoms with Crippen molar-refractivity contribution < 1.29 is 18.0 Å². The molecule has 0 aliphatic carbocycles. The molecule has 4 rings (SSSR count). The first-order valence-corrected chi connectivity index (χ1v) is 8.33. The zero-order valence-corrected chi connectivity index (χ0v) is 14.1. The van der Waals surface area contributed by atoms with Crippen LogP contribution in [0.2, 0.25) is 0 Å². The molecule has 0 N–H and O–H groups in total. The fourth-order valence-corrected chi connectivity index (χ4v) is 3.00. The Kier molecular flexibility index (Phi) is 4.14. The number of amides is 1. The predicted octanol–water partition coefficient (Wildman–Crippen LogP) is 4.50. The smallest absolute Gasteiger partial charge is 0.267 e. The van der Waals surface area contributed by atoms with Crippen molar-refractivity contribution in [2.75, 3.05) is 6.54 Å². The van der Waals surface area contributed by atoms with E-state index in [-0.39, 0.29) is 5.91 Å². The van der Waals surface area contributed by atoms with Crippen LogP contribution in [0.15, 0.2) is 65.9 Å². The third-order valence-corrected chi connectivity index (χ3v) is 4.42. The summed E-state index contributed by atoms with van der Waals surface area (Å²) in [5.74, 6) is -0.282. The second-order valence-electron chi connectivity index (χ2n) is 6.22. The number of hydrazone groups is 1. The maximum atomic E-state index is 12.7. The number of carbonyl (C=O) groups excluding carboxylic acids is 1. The number of hydrogen-bond acceptors (Lipinski definition) is 3. The Morgan fingerprint density at radius 1 is 1.04 bits per heavy atom. The number of halogens is 3. The van der Waals surface area contributed by atoms with E-state index in [0.717, 1.165) is 23.0 Å². The van der Waals surface area contributed by atoms with Crippen LogP contribution in [0, 0.1) is 0 Å². The molecular formula is C20H14F3N3O. The average Bonchev–Trinajstić information content (AvgIpc) is 3.16. The van der Waals surface area contributed by atoms with Crippen LogP contribution in [0.4, 0.5) is 13.2 Å². The number of para-hydroxylation sites is 1. The molecule has 0 atom stereocenters. The lowest BCUT2D eigenvalue weighted by Crippen LogP contribution is -2.23. The standard InChI is InChI=1S/C20H14F3N3O/c21-20(22,23)16-7-5-13(6-8-16)18-9-10-26(25-18)19(27)15-11-14-3-1-2-4-17(14)24-12-15/h1-8,11-12H,9-10H2. The van der Waals surface area contributed by atoms with Crippen molar-refractivity contribution in [1.29, 1.82) is 0 Å². The van der Waals surface area contributed by atoms with Gasteiger partial charge < -0.3 is 0 Å². The van der Waals surface area contributed by atoms with Crippen LogP contribution in [0.1, 0.15) is 27.9 Å². The Labute approximate surface area is 152 Å².